The Morgan fingerprint density at radius 2 is 2.32 bits per heavy atom. The van der Waals surface area contributed by atoms with Crippen LogP contribution in [0.15, 0.2) is 29.1 Å². The average molecular weight is 324 g/mol. The van der Waals surface area contributed by atoms with Crippen molar-refractivity contribution in [3.8, 4) is 0 Å². The zero-order chi connectivity index (χ0) is 13.7. The molecule has 0 aliphatic heterocycles. The van der Waals surface area contributed by atoms with Crippen molar-refractivity contribution >= 4 is 33.3 Å². The van der Waals surface area contributed by atoms with E-state index in [4.69, 9.17) is 0 Å². The lowest BCUT2D eigenvalue weighted by atomic mass is 10.2. The van der Waals surface area contributed by atoms with Crippen LogP contribution in [0.3, 0.4) is 0 Å². The van der Waals surface area contributed by atoms with E-state index < -0.39 is 0 Å². The molecule has 0 aliphatic carbocycles. The molecule has 0 aliphatic rings. The van der Waals surface area contributed by atoms with Crippen molar-refractivity contribution in [2.75, 3.05) is 17.2 Å². The standard InChI is InChI=1S/C12H14BrN5O/c1-2-3-14-11-10(4-8(13)5-15-11)12(19)18-9-6-16-17-7-9/h4-7H,2-3H2,1H3,(H,14,15)(H,16,17)(H,18,19). The lowest BCUT2D eigenvalue weighted by Crippen LogP contribution is -2.16. The van der Waals surface area contributed by atoms with Gasteiger partial charge in [-0.2, -0.15) is 5.10 Å². The molecule has 0 spiro atoms. The fourth-order valence-electron chi connectivity index (χ4n) is 1.51. The molecule has 2 rings (SSSR count). The molecule has 0 atom stereocenters. The number of rotatable bonds is 5. The van der Waals surface area contributed by atoms with Gasteiger partial charge in [0.15, 0.2) is 0 Å². The Kier molecular flexibility index (Phi) is 4.51. The van der Waals surface area contributed by atoms with E-state index >= 15 is 0 Å². The molecule has 0 unspecified atom stereocenters. The summed E-state index contributed by atoms with van der Waals surface area (Å²) in [4.78, 5) is 16.4. The zero-order valence-electron chi connectivity index (χ0n) is 10.4. The summed E-state index contributed by atoms with van der Waals surface area (Å²) in [7, 11) is 0. The number of pyridine rings is 1. The van der Waals surface area contributed by atoms with Crippen molar-refractivity contribution in [2.45, 2.75) is 13.3 Å². The number of nitrogens with zero attached hydrogens (tertiary/aromatic N) is 2. The van der Waals surface area contributed by atoms with Gasteiger partial charge in [-0.25, -0.2) is 4.98 Å². The minimum absolute atomic E-state index is 0.228. The zero-order valence-corrected chi connectivity index (χ0v) is 12.0. The van der Waals surface area contributed by atoms with E-state index in [1.165, 1.54) is 0 Å². The van der Waals surface area contributed by atoms with E-state index in [1.807, 2.05) is 0 Å². The van der Waals surface area contributed by atoms with Gasteiger partial charge in [0.1, 0.15) is 5.82 Å². The van der Waals surface area contributed by atoms with E-state index in [1.54, 1.807) is 24.7 Å². The molecule has 6 nitrogen and oxygen atoms in total. The van der Waals surface area contributed by atoms with Crippen molar-refractivity contribution in [3.63, 3.8) is 0 Å². The third-order valence-corrected chi connectivity index (χ3v) is 2.83. The van der Waals surface area contributed by atoms with Gasteiger partial charge in [-0.3, -0.25) is 9.89 Å². The molecule has 0 radical (unpaired) electrons. The van der Waals surface area contributed by atoms with E-state index in [-0.39, 0.29) is 5.91 Å². The largest absolute Gasteiger partial charge is 0.369 e. The van der Waals surface area contributed by atoms with E-state index in [0.29, 0.717) is 17.1 Å². The monoisotopic (exact) mass is 323 g/mol. The molecule has 0 fully saturated rings. The van der Waals surface area contributed by atoms with Crippen molar-refractivity contribution < 1.29 is 4.79 Å². The van der Waals surface area contributed by atoms with Crippen molar-refractivity contribution in [3.05, 3.63) is 34.7 Å². The highest BCUT2D eigenvalue weighted by molar-refractivity contribution is 9.10. The van der Waals surface area contributed by atoms with Crippen molar-refractivity contribution in [2.24, 2.45) is 0 Å². The van der Waals surface area contributed by atoms with Crippen LogP contribution in [0.1, 0.15) is 23.7 Å². The molecule has 19 heavy (non-hydrogen) atoms. The van der Waals surface area contributed by atoms with Crippen LogP contribution in [0.5, 0.6) is 0 Å². The van der Waals surface area contributed by atoms with E-state index in [0.717, 1.165) is 17.4 Å². The van der Waals surface area contributed by atoms with Gasteiger partial charge in [0.2, 0.25) is 0 Å². The number of anilines is 2. The fraction of sp³-hybridized carbons (Fsp3) is 0.250. The number of H-pyrrole nitrogens is 1. The normalized spacial score (nSPS) is 10.2. The lowest BCUT2D eigenvalue weighted by Gasteiger charge is -2.10. The second-order valence-corrected chi connectivity index (χ2v) is 4.83. The van der Waals surface area contributed by atoms with Crippen LogP contribution in [0.4, 0.5) is 11.5 Å². The first-order valence-electron chi connectivity index (χ1n) is 5.90. The van der Waals surface area contributed by atoms with E-state index in [2.05, 4.69) is 48.7 Å². The van der Waals surface area contributed by atoms with Crippen LogP contribution >= 0.6 is 15.9 Å². The van der Waals surface area contributed by atoms with E-state index in [9.17, 15) is 4.79 Å². The summed E-state index contributed by atoms with van der Waals surface area (Å²) >= 11 is 3.32. The minimum atomic E-state index is -0.228. The minimum Gasteiger partial charge on any atom is -0.369 e. The van der Waals surface area contributed by atoms with Gasteiger partial charge in [0.05, 0.1) is 17.4 Å². The Morgan fingerprint density at radius 1 is 1.47 bits per heavy atom. The van der Waals surface area contributed by atoms with Crippen LogP contribution in [0.2, 0.25) is 0 Å². The van der Waals surface area contributed by atoms with Gasteiger partial charge in [-0.1, -0.05) is 6.92 Å². The maximum atomic E-state index is 12.2. The number of carbonyl (C=O) groups is 1. The number of aromatic nitrogens is 3. The Morgan fingerprint density at radius 3 is 3.00 bits per heavy atom. The highest BCUT2D eigenvalue weighted by Crippen LogP contribution is 2.19. The maximum Gasteiger partial charge on any atom is 0.259 e. The summed E-state index contributed by atoms with van der Waals surface area (Å²) in [6.45, 7) is 2.82. The number of carbonyl (C=O) groups excluding carboxylic acids is 1. The van der Waals surface area contributed by atoms with Gasteiger partial charge in [-0.15, -0.1) is 0 Å². The first-order chi connectivity index (χ1) is 9.20. The molecule has 2 aromatic rings. The van der Waals surface area contributed by atoms with Crippen LogP contribution in [0, 0.1) is 0 Å². The van der Waals surface area contributed by atoms with Crippen molar-refractivity contribution in [1.82, 2.24) is 15.2 Å². The molecule has 2 heterocycles. The average Bonchev–Trinajstić information content (AvgIpc) is 2.90. The maximum absolute atomic E-state index is 12.2. The Labute approximate surface area is 119 Å². The van der Waals surface area contributed by atoms with Crippen LogP contribution in [-0.4, -0.2) is 27.6 Å². The predicted octanol–water partition coefficient (Wildman–Crippen LogP) is 2.64. The smallest absolute Gasteiger partial charge is 0.259 e. The predicted molar refractivity (Wildman–Crippen MR) is 77.3 cm³/mol. The lowest BCUT2D eigenvalue weighted by molar-refractivity contribution is 0.102. The fourth-order valence-corrected chi connectivity index (χ4v) is 1.85. The molecule has 2 aromatic heterocycles. The summed E-state index contributed by atoms with van der Waals surface area (Å²) in [5.74, 6) is 0.347. The number of nitrogens with one attached hydrogen (secondary N) is 3. The van der Waals surface area contributed by atoms with Gasteiger partial charge in [0.25, 0.3) is 5.91 Å². The van der Waals surface area contributed by atoms with Gasteiger partial charge in [0, 0.05) is 23.4 Å². The molecule has 0 bridgehead atoms. The SMILES string of the molecule is CCCNc1ncc(Br)cc1C(=O)Nc1cn[nH]c1. The van der Waals surface area contributed by atoms with Crippen LogP contribution in [0.25, 0.3) is 0 Å². The van der Waals surface area contributed by atoms with Gasteiger partial charge >= 0.3 is 0 Å². The third kappa shape index (κ3) is 3.54. The van der Waals surface area contributed by atoms with Crippen LogP contribution < -0.4 is 10.6 Å². The second kappa shape index (κ2) is 6.33. The molecular formula is C12H14BrN5O. The molecule has 0 saturated carbocycles. The molecule has 7 heteroatoms. The quantitative estimate of drug-likeness (QED) is 0.789. The Hall–Kier alpha value is -1.89. The number of aromatic amines is 1. The number of hydrogen-bond acceptors (Lipinski definition) is 4. The summed E-state index contributed by atoms with van der Waals surface area (Å²) < 4.78 is 0.756. The molecule has 100 valence electrons. The third-order valence-electron chi connectivity index (χ3n) is 2.40. The highest BCUT2D eigenvalue weighted by atomic mass is 79.9. The second-order valence-electron chi connectivity index (χ2n) is 3.92. The molecule has 1 amide bonds. The Bertz CT molecular complexity index is 555. The number of hydrogen-bond donors (Lipinski definition) is 3. The summed E-state index contributed by atoms with van der Waals surface area (Å²) in [6, 6.07) is 1.74. The Balaban J connectivity index is 2.21. The topological polar surface area (TPSA) is 82.7 Å². The summed E-state index contributed by atoms with van der Waals surface area (Å²) in [6.07, 6.45) is 5.78. The summed E-state index contributed by atoms with van der Waals surface area (Å²) in [5, 5.41) is 12.3. The first-order valence-corrected chi connectivity index (χ1v) is 6.69. The molecule has 3 N–H and O–H groups in total. The molecular weight excluding hydrogens is 310 g/mol. The van der Waals surface area contributed by atoms with Gasteiger partial charge < -0.3 is 10.6 Å². The van der Waals surface area contributed by atoms with Gasteiger partial charge in [-0.05, 0) is 28.4 Å². The molecule has 0 saturated heterocycles. The van der Waals surface area contributed by atoms with Crippen LogP contribution in [-0.2, 0) is 0 Å². The summed E-state index contributed by atoms with van der Waals surface area (Å²) in [5.41, 5.74) is 1.11. The number of amides is 1. The molecule has 0 aromatic carbocycles. The number of halogens is 1. The first kappa shape index (κ1) is 13.5. The van der Waals surface area contributed by atoms with Crippen molar-refractivity contribution in [1.29, 1.82) is 0 Å². The highest BCUT2D eigenvalue weighted by Gasteiger charge is 2.13.